The molecule has 2 aliphatic rings. The second-order valence-electron chi connectivity index (χ2n) is 9.77. The van der Waals surface area contributed by atoms with E-state index in [0.29, 0.717) is 12.5 Å². The lowest BCUT2D eigenvalue weighted by molar-refractivity contribution is -0.138. The van der Waals surface area contributed by atoms with Gasteiger partial charge in [0.05, 0.1) is 12.1 Å². The molecule has 0 aromatic carbocycles. The number of piperidine rings is 1. The molecule has 1 saturated heterocycles. The molecule has 0 bridgehead atoms. The molecule has 1 aliphatic heterocycles. The Morgan fingerprint density at radius 2 is 2.07 bits per heavy atom. The molecule has 0 aromatic heterocycles. The summed E-state index contributed by atoms with van der Waals surface area (Å²) in [5, 5.41) is 13.2. The number of rotatable bonds is 7. The number of nitrogens with two attached hydrogens (primary N) is 1. The van der Waals surface area contributed by atoms with Gasteiger partial charge in [-0.15, -0.1) is 11.6 Å². The summed E-state index contributed by atoms with van der Waals surface area (Å²) in [5.74, 6) is 0.837. The number of hydrogen-bond donors (Lipinski definition) is 3. The van der Waals surface area contributed by atoms with Crippen molar-refractivity contribution in [2.24, 2.45) is 23.0 Å². The third-order valence-corrected chi connectivity index (χ3v) is 6.89. The van der Waals surface area contributed by atoms with Crippen molar-refractivity contribution >= 4 is 17.5 Å². The number of amides is 1. The van der Waals surface area contributed by atoms with E-state index in [2.05, 4.69) is 39.1 Å². The highest BCUT2D eigenvalue weighted by molar-refractivity contribution is 6.20. The summed E-state index contributed by atoms with van der Waals surface area (Å²) in [6.45, 7) is 12.3. The van der Waals surface area contributed by atoms with Crippen molar-refractivity contribution in [2.45, 2.75) is 83.9 Å². The number of hydrogen-bond acceptors (Lipinski definition) is 4. The molecule has 0 aromatic rings. The fourth-order valence-corrected chi connectivity index (χ4v) is 4.81. The SMILES string of the molecule is CC(C)[C@@H](NC[C@H](N)[C@H](C)O)C(=O)N1CC[C@H](C2=CCC(Cl)CC2)C(C)(C)C1. The third-order valence-electron chi connectivity index (χ3n) is 6.50. The van der Waals surface area contributed by atoms with Crippen LogP contribution in [0.25, 0.3) is 0 Å². The Morgan fingerprint density at radius 3 is 2.57 bits per heavy atom. The smallest absolute Gasteiger partial charge is 0.239 e. The molecule has 1 amide bonds. The van der Waals surface area contributed by atoms with Crippen LogP contribution < -0.4 is 11.1 Å². The summed E-state index contributed by atoms with van der Waals surface area (Å²) in [4.78, 5) is 15.3. The van der Waals surface area contributed by atoms with Gasteiger partial charge in [-0.25, -0.2) is 0 Å². The molecule has 1 aliphatic carbocycles. The molecule has 162 valence electrons. The Kier molecular flexibility index (Phi) is 8.38. The minimum atomic E-state index is -0.596. The zero-order valence-corrected chi connectivity index (χ0v) is 19.0. The van der Waals surface area contributed by atoms with Gasteiger partial charge in [0.2, 0.25) is 5.91 Å². The minimum absolute atomic E-state index is 0.0520. The van der Waals surface area contributed by atoms with Gasteiger partial charge in [-0.2, -0.15) is 0 Å². The molecule has 6 heteroatoms. The summed E-state index contributed by atoms with van der Waals surface area (Å²) in [6, 6.07) is -0.650. The van der Waals surface area contributed by atoms with Crippen LogP contribution in [0.4, 0.5) is 0 Å². The molecule has 0 radical (unpaired) electrons. The Balaban J connectivity index is 2.02. The molecule has 4 N–H and O–H groups in total. The monoisotopic (exact) mass is 413 g/mol. The molecular weight excluding hydrogens is 374 g/mol. The fourth-order valence-electron chi connectivity index (χ4n) is 4.61. The van der Waals surface area contributed by atoms with E-state index in [1.165, 1.54) is 5.57 Å². The highest BCUT2D eigenvalue weighted by atomic mass is 35.5. The van der Waals surface area contributed by atoms with Crippen LogP contribution in [0.5, 0.6) is 0 Å². The first-order valence-corrected chi connectivity index (χ1v) is 11.3. The van der Waals surface area contributed by atoms with E-state index in [0.717, 1.165) is 38.8 Å². The van der Waals surface area contributed by atoms with Gasteiger partial charge in [0.1, 0.15) is 0 Å². The van der Waals surface area contributed by atoms with Crippen LogP contribution in [0.3, 0.4) is 0 Å². The van der Waals surface area contributed by atoms with E-state index in [9.17, 15) is 9.90 Å². The number of carbonyl (C=O) groups is 1. The number of likely N-dealkylation sites (tertiary alicyclic amines) is 1. The maximum atomic E-state index is 13.3. The largest absolute Gasteiger partial charge is 0.392 e. The van der Waals surface area contributed by atoms with E-state index in [-0.39, 0.29) is 34.7 Å². The van der Waals surface area contributed by atoms with Crippen molar-refractivity contribution in [1.82, 2.24) is 10.2 Å². The molecule has 2 rings (SSSR count). The summed E-state index contributed by atoms with van der Waals surface area (Å²) in [6.07, 6.45) is 5.88. The van der Waals surface area contributed by atoms with Gasteiger partial charge in [0.25, 0.3) is 0 Å². The molecule has 5 atom stereocenters. The van der Waals surface area contributed by atoms with Gasteiger partial charge in [-0.05, 0) is 49.9 Å². The lowest BCUT2D eigenvalue weighted by Crippen LogP contribution is -2.57. The van der Waals surface area contributed by atoms with Crippen molar-refractivity contribution in [3.63, 3.8) is 0 Å². The van der Waals surface area contributed by atoms with Gasteiger partial charge in [0, 0.05) is 31.1 Å². The van der Waals surface area contributed by atoms with Crippen LogP contribution in [-0.2, 0) is 4.79 Å². The quantitative estimate of drug-likeness (QED) is 0.443. The lowest BCUT2D eigenvalue weighted by atomic mass is 9.68. The highest BCUT2D eigenvalue weighted by Gasteiger charge is 2.41. The fraction of sp³-hybridized carbons (Fsp3) is 0.864. The number of aliphatic hydroxyl groups is 1. The maximum Gasteiger partial charge on any atom is 0.239 e. The van der Waals surface area contributed by atoms with Gasteiger partial charge in [-0.3, -0.25) is 4.79 Å². The molecular formula is C22H40ClN3O2. The molecule has 1 heterocycles. The Labute approximate surface area is 176 Å². The van der Waals surface area contributed by atoms with E-state index < -0.39 is 6.10 Å². The van der Waals surface area contributed by atoms with Crippen molar-refractivity contribution in [1.29, 1.82) is 0 Å². The van der Waals surface area contributed by atoms with Gasteiger partial charge < -0.3 is 21.1 Å². The first-order valence-electron chi connectivity index (χ1n) is 10.8. The van der Waals surface area contributed by atoms with Crippen LogP contribution in [-0.4, -0.2) is 59.1 Å². The maximum absolute atomic E-state index is 13.3. The first kappa shape index (κ1) is 23.7. The molecule has 0 spiro atoms. The summed E-state index contributed by atoms with van der Waals surface area (Å²) >= 11 is 6.26. The standard InChI is InChI=1S/C22H40ClN3O2/c1-14(2)20(25-12-19(24)15(3)27)21(28)26-11-10-18(22(4,5)13-26)16-6-8-17(23)9-7-16/h6,14-15,17-20,25,27H,7-13,24H2,1-5H3/t15-,17?,18+,19-,20+/m0/s1. The number of nitrogens with zero attached hydrogens (tertiary/aromatic N) is 1. The second kappa shape index (κ2) is 9.92. The highest BCUT2D eigenvalue weighted by Crippen LogP contribution is 2.43. The lowest BCUT2D eigenvalue weighted by Gasteiger charge is -2.47. The van der Waals surface area contributed by atoms with Crippen LogP contribution in [0.1, 0.15) is 60.3 Å². The van der Waals surface area contributed by atoms with Gasteiger partial charge >= 0.3 is 0 Å². The third kappa shape index (κ3) is 5.94. The van der Waals surface area contributed by atoms with E-state index in [1.54, 1.807) is 6.92 Å². The Hall–Kier alpha value is -0.620. The van der Waals surface area contributed by atoms with Crippen molar-refractivity contribution in [2.75, 3.05) is 19.6 Å². The minimum Gasteiger partial charge on any atom is -0.392 e. The number of alkyl halides is 1. The molecule has 28 heavy (non-hydrogen) atoms. The Morgan fingerprint density at radius 1 is 1.39 bits per heavy atom. The number of carbonyl (C=O) groups excluding carboxylic acids is 1. The topological polar surface area (TPSA) is 78.6 Å². The predicted octanol–water partition coefficient (Wildman–Crippen LogP) is 2.90. The van der Waals surface area contributed by atoms with Crippen LogP contribution in [0, 0.1) is 17.3 Å². The zero-order valence-electron chi connectivity index (χ0n) is 18.2. The van der Waals surface area contributed by atoms with E-state index >= 15 is 0 Å². The predicted molar refractivity (Wildman–Crippen MR) is 116 cm³/mol. The Bertz CT molecular complexity index is 562. The van der Waals surface area contributed by atoms with Crippen molar-refractivity contribution < 1.29 is 9.90 Å². The normalized spacial score (nSPS) is 28.6. The molecule has 1 unspecified atom stereocenters. The van der Waals surface area contributed by atoms with Crippen LogP contribution in [0.2, 0.25) is 0 Å². The van der Waals surface area contributed by atoms with Crippen molar-refractivity contribution in [3.05, 3.63) is 11.6 Å². The number of nitrogens with one attached hydrogen (secondary N) is 1. The average molecular weight is 414 g/mol. The van der Waals surface area contributed by atoms with Gasteiger partial charge in [-0.1, -0.05) is 39.3 Å². The zero-order chi connectivity index (χ0) is 21.1. The summed E-state index contributed by atoms with van der Waals surface area (Å²) in [7, 11) is 0. The van der Waals surface area contributed by atoms with Crippen LogP contribution in [0.15, 0.2) is 11.6 Å². The molecule has 0 saturated carbocycles. The number of aliphatic hydroxyl groups excluding tert-OH is 1. The van der Waals surface area contributed by atoms with Gasteiger partial charge in [0.15, 0.2) is 0 Å². The second-order valence-corrected chi connectivity index (χ2v) is 10.4. The van der Waals surface area contributed by atoms with Crippen molar-refractivity contribution in [3.8, 4) is 0 Å². The number of allylic oxidation sites excluding steroid dienone is 2. The first-order chi connectivity index (χ1) is 13.0. The van der Waals surface area contributed by atoms with E-state index in [4.69, 9.17) is 17.3 Å². The molecule has 5 nitrogen and oxygen atoms in total. The number of halogens is 1. The summed E-state index contributed by atoms with van der Waals surface area (Å²) in [5.41, 5.74) is 7.53. The van der Waals surface area contributed by atoms with E-state index in [1.807, 2.05) is 4.90 Å². The average Bonchev–Trinajstić information content (AvgIpc) is 2.61. The van der Waals surface area contributed by atoms with Crippen LogP contribution >= 0.6 is 11.6 Å². The summed E-state index contributed by atoms with van der Waals surface area (Å²) < 4.78 is 0. The molecule has 1 fully saturated rings.